The molecule has 4 rings (SSSR count). The molecule has 0 bridgehead atoms. The minimum atomic E-state index is -0.219. The Hall–Kier alpha value is -2.61. The summed E-state index contributed by atoms with van der Waals surface area (Å²) in [5.74, 6) is -0.0508. The van der Waals surface area contributed by atoms with Crippen LogP contribution in [0.5, 0.6) is 0 Å². The first-order valence-corrected chi connectivity index (χ1v) is 10.1. The van der Waals surface area contributed by atoms with Crippen LogP contribution in [-0.4, -0.2) is 64.7 Å². The van der Waals surface area contributed by atoms with Gasteiger partial charge in [-0.05, 0) is 50.8 Å². The van der Waals surface area contributed by atoms with Crippen molar-refractivity contribution in [3.63, 3.8) is 0 Å². The molecule has 2 heterocycles. The smallest absolute Gasteiger partial charge is 0.409 e. The summed E-state index contributed by atoms with van der Waals surface area (Å²) in [7, 11) is 0. The van der Waals surface area contributed by atoms with Gasteiger partial charge in [0.1, 0.15) is 0 Å². The Kier molecular flexibility index (Phi) is 5.47. The molecule has 2 fully saturated rings. The van der Waals surface area contributed by atoms with E-state index in [2.05, 4.69) is 20.6 Å². The van der Waals surface area contributed by atoms with Crippen molar-refractivity contribution in [2.75, 3.05) is 19.7 Å². The zero-order valence-corrected chi connectivity index (χ0v) is 16.1. The molecule has 28 heavy (non-hydrogen) atoms. The lowest BCUT2D eigenvalue weighted by molar-refractivity contribution is 0.0839. The molecule has 1 aromatic heterocycles. The van der Waals surface area contributed by atoms with E-state index < -0.39 is 0 Å². The average Bonchev–Trinajstić information content (AvgIpc) is 3.17. The number of fused-ring (bicyclic) bond motifs is 1. The van der Waals surface area contributed by atoms with Crippen molar-refractivity contribution in [2.24, 2.45) is 0 Å². The van der Waals surface area contributed by atoms with Gasteiger partial charge in [0, 0.05) is 36.8 Å². The number of imidazole rings is 1. The second-order valence-electron chi connectivity index (χ2n) is 7.53. The molecule has 0 spiro atoms. The van der Waals surface area contributed by atoms with Gasteiger partial charge < -0.3 is 25.3 Å². The maximum Gasteiger partial charge on any atom is 0.409 e. The Labute approximate surface area is 164 Å². The van der Waals surface area contributed by atoms with Crippen LogP contribution >= 0.6 is 0 Å². The Bertz CT molecular complexity index is 843. The number of amides is 2. The van der Waals surface area contributed by atoms with Gasteiger partial charge in [0.2, 0.25) is 0 Å². The third-order valence-electron chi connectivity index (χ3n) is 5.74. The number of carbonyl (C=O) groups is 2. The Morgan fingerprint density at radius 3 is 2.71 bits per heavy atom. The van der Waals surface area contributed by atoms with Crippen LogP contribution in [0, 0.1) is 0 Å². The third-order valence-corrected chi connectivity index (χ3v) is 5.74. The number of carbonyl (C=O) groups excluding carboxylic acids is 2. The summed E-state index contributed by atoms with van der Waals surface area (Å²) in [6.45, 7) is 3.66. The quantitative estimate of drug-likeness (QED) is 0.731. The molecule has 2 amide bonds. The number of aromatic amines is 1. The van der Waals surface area contributed by atoms with E-state index in [9.17, 15) is 9.59 Å². The van der Waals surface area contributed by atoms with Crippen molar-refractivity contribution < 1.29 is 14.3 Å². The molecular formula is C20H27N5O3. The van der Waals surface area contributed by atoms with Crippen molar-refractivity contribution in [1.29, 1.82) is 0 Å². The van der Waals surface area contributed by atoms with Crippen LogP contribution in [0.1, 0.15) is 43.0 Å². The minimum absolute atomic E-state index is 0.0508. The van der Waals surface area contributed by atoms with Crippen LogP contribution in [0.15, 0.2) is 24.5 Å². The summed E-state index contributed by atoms with van der Waals surface area (Å²) in [5, 5.41) is 6.82. The molecule has 2 aliphatic rings. The number of rotatable bonds is 5. The number of H-pyrrole nitrogens is 1. The maximum absolute atomic E-state index is 12.6. The fourth-order valence-corrected chi connectivity index (χ4v) is 3.95. The van der Waals surface area contributed by atoms with Crippen molar-refractivity contribution in [3.05, 3.63) is 30.1 Å². The minimum Gasteiger partial charge on any atom is -0.450 e. The predicted octanol–water partition coefficient (Wildman–Crippen LogP) is 2.03. The number of hydrogen-bond acceptors (Lipinski definition) is 5. The van der Waals surface area contributed by atoms with Crippen LogP contribution in [-0.2, 0) is 4.74 Å². The Balaban J connectivity index is 1.26. The van der Waals surface area contributed by atoms with Gasteiger partial charge in [0.25, 0.3) is 5.91 Å². The van der Waals surface area contributed by atoms with Gasteiger partial charge in [-0.15, -0.1) is 0 Å². The van der Waals surface area contributed by atoms with E-state index in [-0.39, 0.29) is 18.0 Å². The molecule has 8 heteroatoms. The molecule has 1 aromatic carbocycles. The zero-order valence-electron chi connectivity index (χ0n) is 16.1. The van der Waals surface area contributed by atoms with Crippen LogP contribution < -0.4 is 10.6 Å². The second-order valence-corrected chi connectivity index (χ2v) is 7.53. The number of benzene rings is 1. The van der Waals surface area contributed by atoms with E-state index in [0.717, 1.165) is 36.7 Å². The van der Waals surface area contributed by atoms with E-state index in [1.165, 1.54) is 0 Å². The predicted molar refractivity (Wildman–Crippen MR) is 105 cm³/mol. The average molecular weight is 385 g/mol. The van der Waals surface area contributed by atoms with E-state index in [0.29, 0.717) is 37.3 Å². The summed E-state index contributed by atoms with van der Waals surface area (Å²) >= 11 is 0. The van der Waals surface area contributed by atoms with Gasteiger partial charge in [-0.1, -0.05) is 0 Å². The molecular weight excluding hydrogens is 358 g/mol. The Morgan fingerprint density at radius 2 is 2.00 bits per heavy atom. The summed E-state index contributed by atoms with van der Waals surface area (Å²) in [4.78, 5) is 33.4. The molecule has 2 aromatic rings. The highest BCUT2D eigenvalue weighted by Gasteiger charge is 2.35. The van der Waals surface area contributed by atoms with Gasteiger partial charge in [-0.2, -0.15) is 0 Å². The van der Waals surface area contributed by atoms with Crippen molar-refractivity contribution in [2.45, 2.75) is 50.7 Å². The fraction of sp³-hybridized carbons (Fsp3) is 0.550. The first-order chi connectivity index (χ1) is 13.6. The number of aromatic nitrogens is 2. The summed E-state index contributed by atoms with van der Waals surface area (Å²) in [5.41, 5.74) is 2.36. The fourth-order valence-electron chi connectivity index (χ4n) is 3.95. The van der Waals surface area contributed by atoms with E-state index in [4.69, 9.17) is 4.74 Å². The molecule has 3 N–H and O–H groups in total. The molecule has 0 unspecified atom stereocenters. The number of nitrogens with one attached hydrogen (secondary N) is 3. The van der Waals surface area contributed by atoms with Crippen LogP contribution in [0.4, 0.5) is 4.79 Å². The highest BCUT2D eigenvalue weighted by molar-refractivity contribution is 5.97. The molecule has 1 saturated heterocycles. The van der Waals surface area contributed by atoms with E-state index in [1.54, 1.807) is 11.2 Å². The molecule has 150 valence electrons. The highest BCUT2D eigenvalue weighted by atomic mass is 16.6. The monoisotopic (exact) mass is 385 g/mol. The maximum atomic E-state index is 12.6. The largest absolute Gasteiger partial charge is 0.450 e. The molecule has 1 aliphatic heterocycles. The van der Waals surface area contributed by atoms with Crippen molar-refractivity contribution in [1.82, 2.24) is 25.5 Å². The standard InChI is InChI=1S/C20H27N5O3/c1-2-28-20(27)25-9-7-14(8-10-25)23-16-5-6-17(16)24-19(26)13-3-4-15-18(11-13)22-12-21-15/h3-4,11-12,14,16-17,23H,2,5-10H2,1H3,(H,21,22)(H,24,26)/t16-,17+/m1/s1. The van der Waals surface area contributed by atoms with Crippen LogP contribution in [0.25, 0.3) is 11.0 Å². The summed E-state index contributed by atoms with van der Waals surface area (Å²) in [6.07, 6.45) is 5.27. The number of nitrogens with zero attached hydrogens (tertiary/aromatic N) is 2. The van der Waals surface area contributed by atoms with Gasteiger partial charge in [-0.3, -0.25) is 4.79 Å². The topological polar surface area (TPSA) is 99.3 Å². The third kappa shape index (κ3) is 3.96. The van der Waals surface area contributed by atoms with Gasteiger partial charge in [-0.25, -0.2) is 9.78 Å². The molecule has 1 saturated carbocycles. The molecule has 8 nitrogen and oxygen atoms in total. The first-order valence-electron chi connectivity index (χ1n) is 10.1. The normalized spacial score (nSPS) is 22.7. The summed E-state index contributed by atoms with van der Waals surface area (Å²) < 4.78 is 5.07. The second kappa shape index (κ2) is 8.18. The number of hydrogen-bond donors (Lipinski definition) is 3. The number of ether oxygens (including phenoxy) is 1. The lowest BCUT2D eigenvalue weighted by atomic mass is 9.84. The van der Waals surface area contributed by atoms with Crippen LogP contribution in [0.2, 0.25) is 0 Å². The lowest BCUT2D eigenvalue weighted by Crippen LogP contribution is -2.60. The molecule has 0 radical (unpaired) electrons. The first kappa shape index (κ1) is 18.7. The van der Waals surface area contributed by atoms with Gasteiger partial charge in [0.15, 0.2) is 0 Å². The summed E-state index contributed by atoms with van der Waals surface area (Å²) in [6, 6.07) is 6.31. The van der Waals surface area contributed by atoms with Crippen LogP contribution in [0.3, 0.4) is 0 Å². The van der Waals surface area contributed by atoms with Gasteiger partial charge >= 0.3 is 6.09 Å². The molecule has 1 aliphatic carbocycles. The molecule has 2 atom stereocenters. The van der Waals surface area contributed by atoms with Crippen molar-refractivity contribution >= 4 is 23.0 Å². The number of likely N-dealkylation sites (tertiary alicyclic amines) is 1. The Morgan fingerprint density at radius 1 is 1.21 bits per heavy atom. The van der Waals surface area contributed by atoms with E-state index in [1.807, 2.05) is 25.1 Å². The zero-order chi connectivity index (χ0) is 19.5. The van der Waals surface area contributed by atoms with Gasteiger partial charge in [0.05, 0.1) is 24.0 Å². The SMILES string of the molecule is CCOC(=O)N1CCC(N[C@@H]2CC[C@@H]2NC(=O)c2ccc3nc[nH]c3c2)CC1. The van der Waals surface area contributed by atoms with E-state index >= 15 is 0 Å². The van der Waals surface area contributed by atoms with Crippen molar-refractivity contribution in [3.8, 4) is 0 Å². The lowest BCUT2D eigenvalue weighted by Gasteiger charge is -2.42. The number of piperidine rings is 1. The highest BCUT2D eigenvalue weighted by Crippen LogP contribution is 2.23.